The van der Waals surface area contributed by atoms with Gasteiger partial charge >= 0.3 is 12.0 Å². The third-order valence-corrected chi connectivity index (χ3v) is 2.70. The van der Waals surface area contributed by atoms with Crippen molar-refractivity contribution in [1.29, 1.82) is 0 Å². The van der Waals surface area contributed by atoms with Crippen LogP contribution in [0.4, 0.5) is 14.9 Å². The maximum Gasteiger partial charge on any atom is 0.338 e. The topological polar surface area (TPSA) is 78.4 Å². The van der Waals surface area contributed by atoms with Gasteiger partial charge in [-0.3, -0.25) is 0 Å². The van der Waals surface area contributed by atoms with Crippen LogP contribution in [0.15, 0.2) is 18.2 Å². The molecule has 1 aliphatic rings. The average molecular weight is 252 g/mol. The summed E-state index contributed by atoms with van der Waals surface area (Å²) in [5, 5.41) is 13.9. The quantitative estimate of drug-likeness (QED) is 0.767. The van der Waals surface area contributed by atoms with E-state index in [2.05, 4.69) is 10.6 Å². The van der Waals surface area contributed by atoms with Crippen molar-refractivity contribution in [2.24, 2.45) is 5.92 Å². The molecule has 0 bridgehead atoms. The zero-order valence-electron chi connectivity index (χ0n) is 9.57. The van der Waals surface area contributed by atoms with E-state index in [0.29, 0.717) is 12.5 Å². The van der Waals surface area contributed by atoms with E-state index in [1.807, 2.05) is 0 Å². The van der Waals surface area contributed by atoms with Crippen LogP contribution in [0.5, 0.6) is 0 Å². The standard InChI is InChI=1S/C12H13FN2O3/c13-10-4-3-8(5-9(10)11(16)17)15-12(18)14-6-7-1-2-7/h3-5,7H,1-2,6H2,(H,16,17)(H2,14,15,18). The molecule has 0 saturated heterocycles. The van der Waals surface area contributed by atoms with Gasteiger partial charge in [0.05, 0.1) is 5.56 Å². The number of nitrogens with one attached hydrogen (secondary N) is 2. The van der Waals surface area contributed by atoms with E-state index in [0.717, 1.165) is 25.0 Å². The second kappa shape index (κ2) is 5.03. The molecule has 2 rings (SSSR count). The van der Waals surface area contributed by atoms with Crippen molar-refractivity contribution in [2.45, 2.75) is 12.8 Å². The van der Waals surface area contributed by atoms with Gasteiger partial charge in [0.15, 0.2) is 0 Å². The molecular weight excluding hydrogens is 239 g/mol. The highest BCUT2D eigenvalue weighted by atomic mass is 19.1. The Labute approximate surface area is 103 Å². The van der Waals surface area contributed by atoms with Crippen LogP contribution >= 0.6 is 0 Å². The number of aromatic carboxylic acids is 1. The number of anilines is 1. The summed E-state index contributed by atoms with van der Waals surface area (Å²) in [4.78, 5) is 22.2. The molecule has 6 heteroatoms. The first-order valence-electron chi connectivity index (χ1n) is 5.64. The van der Waals surface area contributed by atoms with Gasteiger partial charge < -0.3 is 15.7 Å². The Hall–Kier alpha value is -2.11. The minimum Gasteiger partial charge on any atom is -0.478 e. The molecule has 2 amide bonds. The van der Waals surface area contributed by atoms with E-state index in [9.17, 15) is 14.0 Å². The second-order valence-electron chi connectivity index (χ2n) is 4.28. The summed E-state index contributed by atoms with van der Waals surface area (Å²) in [6, 6.07) is 3.01. The lowest BCUT2D eigenvalue weighted by Gasteiger charge is -2.08. The summed E-state index contributed by atoms with van der Waals surface area (Å²) in [6.07, 6.45) is 2.25. The number of carboxylic acid groups (broad SMARTS) is 1. The minimum absolute atomic E-state index is 0.252. The molecule has 0 atom stereocenters. The number of amides is 2. The molecule has 0 radical (unpaired) electrons. The van der Waals surface area contributed by atoms with Gasteiger partial charge in [-0.25, -0.2) is 14.0 Å². The number of carbonyl (C=O) groups is 2. The van der Waals surface area contributed by atoms with Crippen molar-refractivity contribution < 1.29 is 19.1 Å². The van der Waals surface area contributed by atoms with Gasteiger partial charge in [-0.1, -0.05) is 0 Å². The summed E-state index contributed by atoms with van der Waals surface area (Å²) in [5.41, 5.74) is -0.211. The molecule has 0 aliphatic heterocycles. The molecule has 1 saturated carbocycles. The second-order valence-corrected chi connectivity index (χ2v) is 4.28. The number of urea groups is 1. The molecule has 0 spiro atoms. The predicted molar refractivity (Wildman–Crippen MR) is 63.1 cm³/mol. The largest absolute Gasteiger partial charge is 0.478 e. The molecule has 1 aromatic carbocycles. The van der Waals surface area contributed by atoms with Crippen LogP contribution in [0.3, 0.4) is 0 Å². The first-order chi connectivity index (χ1) is 8.56. The monoisotopic (exact) mass is 252 g/mol. The lowest BCUT2D eigenvalue weighted by molar-refractivity contribution is 0.0692. The Bertz CT molecular complexity index is 486. The predicted octanol–water partition coefficient (Wildman–Crippen LogP) is 2.06. The molecule has 5 nitrogen and oxygen atoms in total. The van der Waals surface area contributed by atoms with Crippen LogP contribution in [0.1, 0.15) is 23.2 Å². The Morgan fingerprint density at radius 3 is 2.72 bits per heavy atom. The van der Waals surface area contributed by atoms with Crippen molar-refractivity contribution in [3.63, 3.8) is 0 Å². The maximum absolute atomic E-state index is 13.1. The highest BCUT2D eigenvalue weighted by Gasteiger charge is 2.21. The zero-order valence-corrected chi connectivity index (χ0v) is 9.57. The molecular formula is C12H13FN2O3. The molecule has 0 unspecified atom stereocenters. The molecule has 1 fully saturated rings. The molecule has 3 N–H and O–H groups in total. The van der Waals surface area contributed by atoms with Gasteiger partial charge in [0.2, 0.25) is 0 Å². The normalized spacial score (nSPS) is 14.1. The first-order valence-corrected chi connectivity index (χ1v) is 5.64. The van der Waals surface area contributed by atoms with Gasteiger partial charge in [-0.2, -0.15) is 0 Å². The summed E-state index contributed by atoms with van der Waals surface area (Å²) >= 11 is 0. The summed E-state index contributed by atoms with van der Waals surface area (Å²) in [7, 11) is 0. The zero-order chi connectivity index (χ0) is 13.1. The van der Waals surface area contributed by atoms with Crippen LogP contribution in [0, 0.1) is 11.7 Å². The van der Waals surface area contributed by atoms with Crippen LogP contribution in [-0.2, 0) is 0 Å². The Kier molecular flexibility index (Phi) is 3.45. The van der Waals surface area contributed by atoms with Gasteiger partial charge in [0.1, 0.15) is 5.82 Å². The number of carbonyl (C=O) groups excluding carboxylic acids is 1. The number of hydrogen-bond acceptors (Lipinski definition) is 2. The van der Waals surface area contributed by atoms with Gasteiger partial charge in [-0.15, -0.1) is 0 Å². The summed E-state index contributed by atoms with van der Waals surface area (Å²) < 4.78 is 13.1. The molecule has 0 heterocycles. The molecule has 1 aromatic rings. The van der Waals surface area contributed by atoms with E-state index in [1.165, 1.54) is 6.07 Å². The Morgan fingerprint density at radius 1 is 1.39 bits per heavy atom. The molecule has 1 aliphatic carbocycles. The number of halogens is 1. The fourth-order valence-electron chi connectivity index (χ4n) is 1.50. The van der Waals surface area contributed by atoms with E-state index in [4.69, 9.17) is 5.11 Å². The summed E-state index contributed by atoms with van der Waals surface area (Å²) in [5.74, 6) is -1.64. The molecule has 96 valence electrons. The van der Waals surface area contributed by atoms with Crippen molar-refractivity contribution in [2.75, 3.05) is 11.9 Å². The molecule has 18 heavy (non-hydrogen) atoms. The van der Waals surface area contributed by atoms with Crippen LogP contribution in [-0.4, -0.2) is 23.7 Å². The lowest BCUT2D eigenvalue weighted by Crippen LogP contribution is -2.30. The van der Waals surface area contributed by atoms with Gasteiger partial charge in [0, 0.05) is 12.2 Å². The first kappa shape index (κ1) is 12.3. The van der Waals surface area contributed by atoms with Crippen LogP contribution < -0.4 is 10.6 Å². The minimum atomic E-state index is -1.37. The molecule has 0 aromatic heterocycles. The van der Waals surface area contributed by atoms with Gasteiger partial charge in [0.25, 0.3) is 0 Å². The third kappa shape index (κ3) is 3.19. The Balaban J connectivity index is 1.97. The van der Waals surface area contributed by atoms with Crippen molar-refractivity contribution in [3.05, 3.63) is 29.6 Å². The smallest absolute Gasteiger partial charge is 0.338 e. The average Bonchev–Trinajstić information content (AvgIpc) is 3.12. The highest BCUT2D eigenvalue weighted by molar-refractivity contribution is 5.93. The van der Waals surface area contributed by atoms with Gasteiger partial charge in [-0.05, 0) is 37.0 Å². The van der Waals surface area contributed by atoms with E-state index in [1.54, 1.807) is 0 Å². The Morgan fingerprint density at radius 2 is 2.11 bits per heavy atom. The third-order valence-electron chi connectivity index (χ3n) is 2.70. The van der Waals surface area contributed by atoms with Crippen LogP contribution in [0.2, 0.25) is 0 Å². The van der Waals surface area contributed by atoms with Crippen molar-refractivity contribution in [3.8, 4) is 0 Å². The number of hydrogen-bond donors (Lipinski definition) is 3. The van der Waals surface area contributed by atoms with Crippen molar-refractivity contribution in [1.82, 2.24) is 5.32 Å². The lowest BCUT2D eigenvalue weighted by atomic mass is 10.2. The van der Waals surface area contributed by atoms with Crippen LogP contribution in [0.25, 0.3) is 0 Å². The summed E-state index contributed by atoms with van der Waals surface area (Å²) in [6.45, 7) is 0.610. The number of rotatable bonds is 4. The van der Waals surface area contributed by atoms with E-state index >= 15 is 0 Å². The van der Waals surface area contributed by atoms with Crippen molar-refractivity contribution >= 4 is 17.7 Å². The highest BCUT2D eigenvalue weighted by Crippen LogP contribution is 2.27. The van der Waals surface area contributed by atoms with E-state index in [-0.39, 0.29) is 5.69 Å². The number of benzene rings is 1. The maximum atomic E-state index is 13.1. The SMILES string of the molecule is O=C(NCC1CC1)Nc1ccc(F)c(C(=O)O)c1. The fourth-order valence-corrected chi connectivity index (χ4v) is 1.50. The fraction of sp³-hybridized carbons (Fsp3) is 0.333. The number of carboxylic acids is 1. The van der Waals surface area contributed by atoms with E-state index < -0.39 is 23.4 Å².